The van der Waals surface area contributed by atoms with Gasteiger partial charge in [-0.3, -0.25) is 4.79 Å². The molecular formula is C9H21NO2. The molecule has 0 spiro atoms. The summed E-state index contributed by atoms with van der Waals surface area (Å²) >= 11 is 0. The van der Waals surface area contributed by atoms with Crippen LogP contribution in [0.5, 0.6) is 0 Å². The molecule has 0 heterocycles. The van der Waals surface area contributed by atoms with Gasteiger partial charge in [0.2, 0.25) is 5.91 Å². The Morgan fingerprint density at radius 2 is 1.92 bits per heavy atom. The van der Waals surface area contributed by atoms with Gasteiger partial charge in [0.05, 0.1) is 0 Å². The second-order valence-electron chi connectivity index (χ2n) is 1.99. The highest BCUT2D eigenvalue weighted by atomic mass is 16.5. The van der Waals surface area contributed by atoms with Crippen LogP contribution in [-0.2, 0) is 9.53 Å². The van der Waals surface area contributed by atoms with Gasteiger partial charge in [-0.1, -0.05) is 20.8 Å². The van der Waals surface area contributed by atoms with Crippen molar-refractivity contribution in [2.24, 2.45) is 0 Å². The minimum Gasteiger partial charge on any atom is -0.362 e. The summed E-state index contributed by atoms with van der Waals surface area (Å²) in [5.41, 5.74) is 0. The number of rotatable bonds is 5. The number of carbonyl (C=O) groups is 1. The quantitative estimate of drug-likeness (QED) is 0.512. The van der Waals surface area contributed by atoms with Crippen molar-refractivity contribution < 1.29 is 9.53 Å². The molecule has 0 aliphatic rings. The lowest BCUT2D eigenvalue weighted by Crippen LogP contribution is -2.25. The summed E-state index contributed by atoms with van der Waals surface area (Å²) in [6.45, 7) is 8.86. The zero-order valence-corrected chi connectivity index (χ0v) is 8.64. The van der Waals surface area contributed by atoms with Crippen LogP contribution in [0, 0.1) is 0 Å². The first-order valence-electron chi connectivity index (χ1n) is 4.65. The summed E-state index contributed by atoms with van der Waals surface area (Å²) in [6, 6.07) is 0. The van der Waals surface area contributed by atoms with Crippen LogP contribution >= 0.6 is 0 Å². The first-order chi connectivity index (χ1) is 5.81. The average molecular weight is 175 g/mol. The van der Waals surface area contributed by atoms with E-state index in [0.29, 0.717) is 19.8 Å². The van der Waals surface area contributed by atoms with Crippen LogP contribution in [0.1, 0.15) is 40.5 Å². The summed E-state index contributed by atoms with van der Waals surface area (Å²) in [5.74, 6) is 0.0657. The van der Waals surface area contributed by atoms with Gasteiger partial charge in [-0.15, -0.1) is 0 Å². The van der Waals surface area contributed by atoms with Gasteiger partial charge >= 0.3 is 0 Å². The average Bonchev–Trinajstić information content (AvgIpc) is 2.09. The van der Waals surface area contributed by atoms with Gasteiger partial charge in [-0.2, -0.15) is 0 Å². The van der Waals surface area contributed by atoms with Crippen molar-refractivity contribution in [3.63, 3.8) is 0 Å². The lowest BCUT2D eigenvalue weighted by molar-refractivity contribution is -0.122. The molecule has 0 bridgehead atoms. The summed E-state index contributed by atoms with van der Waals surface area (Å²) in [6.07, 6.45) is 1.48. The van der Waals surface area contributed by atoms with E-state index in [1.54, 1.807) is 0 Å². The molecule has 1 amide bonds. The SMILES string of the molecule is CC.CCCC(=O)NCOCC. The smallest absolute Gasteiger partial charge is 0.221 e. The van der Waals surface area contributed by atoms with Gasteiger partial charge in [-0.05, 0) is 13.3 Å². The molecule has 0 unspecified atom stereocenters. The summed E-state index contributed by atoms with van der Waals surface area (Å²) < 4.78 is 4.92. The maximum atomic E-state index is 10.7. The second kappa shape index (κ2) is 13.1. The summed E-state index contributed by atoms with van der Waals surface area (Å²) in [7, 11) is 0. The number of hydrogen-bond acceptors (Lipinski definition) is 2. The molecule has 0 rings (SSSR count). The number of carbonyl (C=O) groups excluding carboxylic acids is 1. The number of hydrogen-bond donors (Lipinski definition) is 1. The van der Waals surface area contributed by atoms with E-state index in [1.165, 1.54) is 0 Å². The predicted octanol–water partition coefficient (Wildman–Crippen LogP) is 1.92. The topological polar surface area (TPSA) is 38.3 Å². The van der Waals surface area contributed by atoms with E-state index in [4.69, 9.17) is 4.74 Å². The molecule has 0 aromatic heterocycles. The molecule has 0 aromatic carbocycles. The Labute approximate surface area is 75.5 Å². The van der Waals surface area contributed by atoms with E-state index in [1.807, 2.05) is 27.7 Å². The lowest BCUT2D eigenvalue weighted by Gasteiger charge is -2.02. The third-order valence-electron chi connectivity index (χ3n) is 1.05. The summed E-state index contributed by atoms with van der Waals surface area (Å²) in [4.78, 5) is 10.7. The minimum atomic E-state index is 0.0657. The molecular weight excluding hydrogens is 154 g/mol. The standard InChI is InChI=1S/C7H15NO2.C2H6/c1-3-5-7(9)8-6-10-4-2;1-2/h3-6H2,1-2H3,(H,8,9);1-2H3. The van der Waals surface area contributed by atoms with Gasteiger partial charge < -0.3 is 10.1 Å². The zero-order valence-electron chi connectivity index (χ0n) is 8.64. The maximum Gasteiger partial charge on any atom is 0.221 e. The number of ether oxygens (including phenoxy) is 1. The predicted molar refractivity (Wildman–Crippen MR) is 50.9 cm³/mol. The van der Waals surface area contributed by atoms with E-state index in [2.05, 4.69) is 5.32 Å². The lowest BCUT2D eigenvalue weighted by atomic mass is 10.3. The third-order valence-corrected chi connectivity index (χ3v) is 1.05. The Morgan fingerprint density at radius 1 is 1.33 bits per heavy atom. The van der Waals surface area contributed by atoms with Crippen molar-refractivity contribution >= 4 is 5.91 Å². The van der Waals surface area contributed by atoms with Crippen LogP contribution in [0.3, 0.4) is 0 Å². The van der Waals surface area contributed by atoms with Crippen LogP contribution in [0.25, 0.3) is 0 Å². The minimum absolute atomic E-state index is 0.0657. The molecule has 0 saturated carbocycles. The Bertz CT molecular complexity index is 94.5. The molecule has 0 aliphatic carbocycles. The van der Waals surface area contributed by atoms with Crippen molar-refractivity contribution in [3.8, 4) is 0 Å². The molecule has 0 atom stereocenters. The second-order valence-corrected chi connectivity index (χ2v) is 1.99. The fourth-order valence-electron chi connectivity index (χ4n) is 0.549. The first-order valence-corrected chi connectivity index (χ1v) is 4.65. The molecule has 12 heavy (non-hydrogen) atoms. The highest BCUT2D eigenvalue weighted by molar-refractivity contribution is 5.75. The van der Waals surface area contributed by atoms with Crippen molar-refractivity contribution in [1.82, 2.24) is 5.32 Å². The Morgan fingerprint density at radius 3 is 2.33 bits per heavy atom. The molecule has 3 heteroatoms. The molecule has 0 aromatic rings. The molecule has 1 N–H and O–H groups in total. The highest BCUT2D eigenvalue weighted by Gasteiger charge is 1.95. The van der Waals surface area contributed by atoms with Crippen molar-refractivity contribution in [3.05, 3.63) is 0 Å². The monoisotopic (exact) mass is 175 g/mol. The van der Waals surface area contributed by atoms with E-state index >= 15 is 0 Å². The molecule has 0 aliphatic heterocycles. The Hall–Kier alpha value is -0.570. The molecule has 0 fully saturated rings. The first kappa shape index (κ1) is 14.0. The van der Waals surface area contributed by atoms with Crippen molar-refractivity contribution in [2.75, 3.05) is 13.3 Å². The fraction of sp³-hybridized carbons (Fsp3) is 0.889. The third kappa shape index (κ3) is 12.1. The van der Waals surface area contributed by atoms with E-state index in [0.717, 1.165) is 6.42 Å². The van der Waals surface area contributed by atoms with Crippen LogP contribution in [0.15, 0.2) is 0 Å². The van der Waals surface area contributed by atoms with Crippen molar-refractivity contribution in [2.45, 2.75) is 40.5 Å². The van der Waals surface area contributed by atoms with Crippen LogP contribution in [0.2, 0.25) is 0 Å². The maximum absolute atomic E-state index is 10.7. The van der Waals surface area contributed by atoms with Gasteiger partial charge in [0, 0.05) is 13.0 Å². The van der Waals surface area contributed by atoms with E-state index in [-0.39, 0.29) is 5.91 Å². The summed E-state index contributed by atoms with van der Waals surface area (Å²) in [5, 5.41) is 2.62. The Balaban J connectivity index is 0. The van der Waals surface area contributed by atoms with Crippen molar-refractivity contribution in [1.29, 1.82) is 0 Å². The molecule has 0 radical (unpaired) electrons. The molecule has 3 nitrogen and oxygen atoms in total. The zero-order chi connectivity index (χ0) is 9.82. The number of nitrogens with one attached hydrogen (secondary N) is 1. The largest absolute Gasteiger partial charge is 0.362 e. The number of amides is 1. The highest BCUT2D eigenvalue weighted by Crippen LogP contribution is 1.84. The van der Waals surface area contributed by atoms with Gasteiger partial charge in [0.25, 0.3) is 0 Å². The normalized spacial score (nSPS) is 8.33. The molecule has 0 saturated heterocycles. The molecule has 74 valence electrons. The van der Waals surface area contributed by atoms with E-state index in [9.17, 15) is 4.79 Å². The Kier molecular flexibility index (Phi) is 15.2. The van der Waals surface area contributed by atoms with Gasteiger partial charge in [-0.25, -0.2) is 0 Å². The van der Waals surface area contributed by atoms with E-state index < -0.39 is 0 Å². The van der Waals surface area contributed by atoms with Gasteiger partial charge in [0.15, 0.2) is 0 Å². The van der Waals surface area contributed by atoms with Crippen LogP contribution in [-0.4, -0.2) is 19.2 Å². The van der Waals surface area contributed by atoms with Gasteiger partial charge in [0.1, 0.15) is 6.73 Å². The fourth-order valence-corrected chi connectivity index (χ4v) is 0.549. The van der Waals surface area contributed by atoms with Crippen LogP contribution in [0.4, 0.5) is 0 Å². The van der Waals surface area contributed by atoms with Crippen LogP contribution < -0.4 is 5.32 Å².